The van der Waals surface area contributed by atoms with E-state index in [9.17, 15) is 0 Å². The van der Waals surface area contributed by atoms with E-state index in [-0.39, 0.29) is 0 Å². The Bertz CT molecular complexity index is 275. The van der Waals surface area contributed by atoms with Crippen LogP contribution in [0.25, 0.3) is 0 Å². The van der Waals surface area contributed by atoms with Gasteiger partial charge in [-0.05, 0) is 41.7 Å². The fourth-order valence-corrected chi connectivity index (χ4v) is 3.77. The van der Waals surface area contributed by atoms with Crippen molar-refractivity contribution in [2.24, 2.45) is 5.41 Å². The summed E-state index contributed by atoms with van der Waals surface area (Å²) < 4.78 is 0. The van der Waals surface area contributed by atoms with Crippen molar-refractivity contribution in [1.82, 2.24) is 4.98 Å². The Morgan fingerprint density at radius 1 is 1.25 bits per heavy atom. The highest BCUT2D eigenvalue weighted by molar-refractivity contribution is 7.98. The zero-order valence-corrected chi connectivity index (χ0v) is 11.9. The van der Waals surface area contributed by atoms with E-state index < -0.39 is 0 Å². The van der Waals surface area contributed by atoms with Crippen molar-refractivity contribution in [3.8, 4) is 0 Å². The summed E-state index contributed by atoms with van der Waals surface area (Å²) in [6.45, 7) is 4.54. The van der Waals surface area contributed by atoms with Gasteiger partial charge < -0.3 is 0 Å². The zero-order valence-electron chi connectivity index (χ0n) is 10.1. The van der Waals surface area contributed by atoms with Crippen molar-refractivity contribution in [2.75, 3.05) is 11.5 Å². The van der Waals surface area contributed by atoms with Gasteiger partial charge in [0.25, 0.3) is 0 Å². The van der Waals surface area contributed by atoms with Crippen molar-refractivity contribution in [2.45, 2.75) is 32.4 Å². The molecule has 0 fully saturated rings. The molecule has 1 aromatic rings. The van der Waals surface area contributed by atoms with E-state index in [4.69, 9.17) is 0 Å². The zero-order chi connectivity index (χ0) is 11.9. The average molecular weight is 255 g/mol. The summed E-state index contributed by atoms with van der Waals surface area (Å²) >= 11 is 6.51. The van der Waals surface area contributed by atoms with Gasteiger partial charge in [-0.3, -0.25) is 4.98 Å². The molecule has 0 amide bonds. The second kappa shape index (κ2) is 7.23. The molecule has 90 valence electrons. The van der Waals surface area contributed by atoms with Gasteiger partial charge in [0.05, 0.1) is 0 Å². The monoisotopic (exact) mass is 255 g/mol. The van der Waals surface area contributed by atoms with Crippen molar-refractivity contribution < 1.29 is 0 Å². The number of hydrogen-bond acceptors (Lipinski definition) is 3. The van der Waals surface area contributed by atoms with Crippen LogP contribution in [-0.4, -0.2) is 16.5 Å². The minimum Gasteiger partial charge on any atom is -0.265 e. The summed E-state index contributed by atoms with van der Waals surface area (Å²) in [6.07, 6.45) is 6.16. The van der Waals surface area contributed by atoms with E-state index in [1.165, 1.54) is 24.2 Å². The van der Waals surface area contributed by atoms with Gasteiger partial charge in [-0.15, -0.1) is 0 Å². The lowest BCUT2D eigenvalue weighted by Crippen LogP contribution is -2.24. The van der Waals surface area contributed by atoms with Crippen LogP contribution in [0, 0.1) is 5.41 Å². The standard InChI is InChI=1S/C13H21NS2/c1-3-13(4-2,10-15)11-16-9-12-5-7-14-8-6-12/h5-8,15H,3-4,9-11H2,1-2H3. The maximum absolute atomic E-state index is 4.50. The van der Waals surface area contributed by atoms with Gasteiger partial charge in [-0.25, -0.2) is 0 Å². The van der Waals surface area contributed by atoms with Crippen LogP contribution in [0.2, 0.25) is 0 Å². The van der Waals surface area contributed by atoms with Crippen LogP contribution in [0.3, 0.4) is 0 Å². The van der Waals surface area contributed by atoms with Crippen LogP contribution in [0.15, 0.2) is 24.5 Å². The van der Waals surface area contributed by atoms with E-state index in [1.54, 1.807) is 0 Å². The molecule has 0 saturated heterocycles. The highest BCUT2D eigenvalue weighted by atomic mass is 32.2. The van der Waals surface area contributed by atoms with Crippen LogP contribution in [0.1, 0.15) is 32.3 Å². The Labute approximate surface area is 109 Å². The molecule has 0 N–H and O–H groups in total. The third-order valence-electron chi connectivity index (χ3n) is 3.26. The van der Waals surface area contributed by atoms with Crippen molar-refractivity contribution in [3.63, 3.8) is 0 Å². The van der Waals surface area contributed by atoms with Crippen LogP contribution < -0.4 is 0 Å². The summed E-state index contributed by atoms with van der Waals surface area (Å²) in [5, 5.41) is 0. The quantitative estimate of drug-likeness (QED) is 0.738. The fourth-order valence-electron chi connectivity index (χ4n) is 1.59. The van der Waals surface area contributed by atoms with E-state index in [0.29, 0.717) is 5.41 Å². The number of thiol groups is 1. The van der Waals surface area contributed by atoms with Crippen molar-refractivity contribution >= 4 is 24.4 Å². The number of hydrogen-bond donors (Lipinski definition) is 1. The first kappa shape index (κ1) is 13.9. The lowest BCUT2D eigenvalue weighted by atomic mass is 9.87. The molecule has 0 saturated carbocycles. The Morgan fingerprint density at radius 2 is 1.88 bits per heavy atom. The highest BCUT2D eigenvalue weighted by Crippen LogP contribution is 2.33. The molecule has 1 heterocycles. The minimum absolute atomic E-state index is 0.417. The molecule has 0 radical (unpaired) electrons. The third-order valence-corrected chi connectivity index (χ3v) is 5.29. The van der Waals surface area contributed by atoms with Crippen LogP contribution in [0.5, 0.6) is 0 Å². The predicted molar refractivity (Wildman–Crippen MR) is 77.3 cm³/mol. The summed E-state index contributed by atoms with van der Waals surface area (Å²) in [7, 11) is 0. The molecule has 1 rings (SSSR count). The Hall–Kier alpha value is -0.150. The second-order valence-electron chi connectivity index (χ2n) is 4.21. The van der Waals surface area contributed by atoms with E-state index in [1.807, 2.05) is 24.2 Å². The first-order valence-corrected chi connectivity index (χ1v) is 7.62. The second-order valence-corrected chi connectivity index (χ2v) is 5.52. The predicted octanol–water partition coefficient (Wildman–Crippen LogP) is 4.05. The van der Waals surface area contributed by atoms with Crippen molar-refractivity contribution in [3.05, 3.63) is 30.1 Å². The van der Waals surface area contributed by atoms with Gasteiger partial charge in [-0.2, -0.15) is 24.4 Å². The number of aromatic nitrogens is 1. The van der Waals surface area contributed by atoms with E-state index in [0.717, 1.165) is 11.5 Å². The van der Waals surface area contributed by atoms with Gasteiger partial charge in [0.1, 0.15) is 0 Å². The smallest absolute Gasteiger partial charge is 0.0270 e. The van der Waals surface area contributed by atoms with Gasteiger partial charge in [0.2, 0.25) is 0 Å². The molecule has 3 heteroatoms. The summed E-state index contributed by atoms with van der Waals surface area (Å²) in [4.78, 5) is 4.03. The number of thioether (sulfide) groups is 1. The number of nitrogens with zero attached hydrogens (tertiary/aromatic N) is 1. The molecular weight excluding hydrogens is 234 g/mol. The third kappa shape index (κ3) is 4.02. The maximum Gasteiger partial charge on any atom is 0.0270 e. The van der Waals surface area contributed by atoms with Gasteiger partial charge in [-0.1, -0.05) is 13.8 Å². The molecule has 0 aromatic carbocycles. The summed E-state index contributed by atoms with van der Waals surface area (Å²) in [5.74, 6) is 3.27. The first-order chi connectivity index (χ1) is 7.76. The topological polar surface area (TPSA) is 12.9 Å². The fraction of sp³-hybridized carbons (Fsp3) is 0.615. The van der Waals surface area contributed by atoms with Crippen LogP contribution in [0.4, 0.5) is 0 Å². The lowest BCUT2D eigenvalue weighted by molar-refractivity contribution is 0.357. The molecule has 1 aromatic heterocycles. The normalized spacial score (nSPS) is 11.7. The average Bonchev–Trinajstić information content (AvgIpc) is 2.37. The van der Waals surface area contributed by atoms with Gasteiger partial charge in [0, 0.05) is 23.9 Å². The van der Waals surface area contributed by atoms with Crippen molar-refractivity contribution in [1.29, 1.82) is 0 Å². The number of pyridine rings is 1. The Balaban J connectivity index is 2.39. The molecule has 0 atom stereocenters. The van der Waals surface area contributed by atoms with E-state index >= 15 is 0 Å². The largest absolute Gasteiger partial charge is 0.265 e. The highest BCUT2D eigenvalue weighted by Gasteiger charge is 2.23. The lowest BCUT2D eigenvalue weighted by Gasteiger charge is -2.29. The molecule has 0 aliphatic carbocycles. The molecule has 1 nitrogen and oxygen atoms in total. The molecule has 0 spiro atoms. The first-order valence-electron chi connectivity index (χ1n) is 5.84. The van der Waals surface area contributed by atoms with Gasteiger partial charge >= 0.3 is 0 Å². The molecule has 0 aliphatic heterocycles. The Morgan fingerprint density at radius 3 is 2.38 bits per heavy atom. The molecule has 0 aliphatic rings. The van der Waals surface area contributed by atoms with Crippen LogP contribution >= 0.6 is 24.4 Å². The summed E-state index contributed by atoms with van der Waals surface area (Å²) in [6, 6.07) is 4.18. The number of rotatable bonds is 7. The van der Waals surface area contributed by atoms with Gasteiger partial charge in [0.15, 0.2) is 0 Å². The molecule has 0 unspecified atom stereocenters. The van der Waals surface area contributed by atoms with Crippen LogP contribution in [-0.2, 0) is 5.75 Å². The SMILES string of the molecule is CCC(CC)(CS)CSCc1ccncc1. The maximum atomic E-state index is 4.50. The van der Waals surface area contributed by atoms with E-state index in [2.05, 4.69) is 43.6 Å². The minimum atomic E-state index is 0.417. The Kier molecular flexibility index (Phi) is 6.29. The molecule has 16 heavy (non-hydrogen) atoms. The summed E-state index contributed by atoms with van der Waals surface area (Å²) in [5.41, 5.74) is 1.78. The molecular formula is C13H21NS2. The molecule has 0 bridgehead atoms.